The Morgan fingerprint density at radius 3 is 1.72 bits per heavy atom. The van der Waals surface area contributed by atoms with Crippen molar-refractivity contribution < 1.29 is 19.7 Å². The van der Waals surface area contributed by atoms with Gasteiger partial charge in [-0.05, 0) is 73.4 Å². The summed E-state index contributed by atoms with van der Waals surface area (Å²) in [4.78, 5) is 13.0. The van der Waals surface area contributed by atoms with E-state index in [4.69, 9.17) is 4.74 Å². The normalized spacial score (nSPS) is 12.4. The van der Waals surface area contributed by atoms with Crippen LogP contribution in [0.15, 0.2) is 36.4 Å². The molecule has 0 bridgehead atoms. The lowest BCUT2D eigenvalue weighted by molar-refractivity contribution is -0.145. The van der Waals surface area contributed by atoms with Gasteiger partial charge in [0.25, 0.3) is 0 Å². The van der Waals surface area contributed by atoms with Gasteiger partial charge in [0.15, 0.2) is 0 Å². The second-order valence-corrected chi connectivity index (χ2v) is 11.8. The Morgan fingerprint density at radius 1 is 0.769 bits per heavy atom. The topological polar surface area (TPSA) is 66.8 Å². The summed E-state index contributed by atoms with van der Waals surface area (Å²) in [6.07, 6.45) is 15.9. The molecule has 4 nitrogen and oxygen atoms in total. The first kappa shape index (κ1) is 32.7. The van der Waals surface area contributed by atoms with E-state index in [-0.39, 0.29) is 17.5 Å². The highest BCUT2D eigenvalue weighted by molar-refractivity contribution is 5.69. The summed E-state index contributed by atoms with van der Waals surface area (Å²) in [6, 6.07) is 11.3. The van der Waals surface area contributed by atoms with Crippen molar-refractivity contribution in [1.82, 2.24) is 0 Å². The summed E-state index contributed by atoms with van der Waals surface area (Å²) in [6.45, 7) is 10.9. The average Bonchev–Trinajstić information content (AvgIpc) is 2.92. The van der Waals surface area contributed by atoms with Crippen molar-refractivity contribution in [1.29, 1.82) is 0 Å². The van der Waals surface area contributed by atoms with Gasteiger partial charge in [-0.1, -0.05) is 109 Å². The number of benzene rings is 2. The summed E-state index contributed by atoms with van der Waals surface area (Å²) in [5.74, 6) is 0.826. The molecule has 0 spiro atoms. The molecular formula is C35H54O4. The fourth-order valence-electron chi connectivity index (χ4n) is 5.47. The van der Waals surface area contributed by atoms with E-state index in [1.807, 2.05) is 38.1 Å². The number of aryl methyl sites for hydroxylation is 2. The summed E-state index contributed by atoms with van der Waals surface area (Å²) >= 11 is 0. The quantitative estimate of drug-likeness (QED) is 0.138. The Hall–Kier alpha value is -2.49. The van der Waals surface area contributed by atoms with Crippen LogP contribution >= 0.6 is 0 Å². The SMILES string of the molecule is CCCCCCCCC(CCCCCC)COC(=O)CCC(C)(c1ccc(O)c(C)c1)c1ccc(O)c(C)c1. The first-order valence-electron chi connectivity index (χ1n) is 15.5. The smallest absolute Gasteiger partial charge is 0.305 e. The largest absolute Gasteiger partial charge is 0.508 e. The van der Waals surface area contributed by atoms with E-state index >= 15 is 0 Å². The van der Waals surface area contributed by atoms with Gasteiger partial charge in [0.1, 0.15) is 11.5 Å². The Balaban J connectivity index is 2.04. The van der Waals surface area contributed by atoms with Crippen molar-refractivity contribution in [2.24, 2.45) is 5.92 Å². The van der Waals surface area contributed by atoms with Gasteiger partial charge < -0.3 is 14.9 Å². The van der Waals surface area contributed by atoms with Crippen LogP contribution in [0.3, 0.4) is 0 Å². The first-order chi connectivity index (χ1) is 18.7. The monoisotopic (exact) mass is 538 g/mol. The van der Waals surface area contributed by atoms with Crippen LogP contribution in [0, 0.1) is 19.8 Å². The average molecular weight is 539 g/mol. The standard InChI is InChI=1S/C35H54O4/c1-6-8-10-12-13-15-17-29(16-14-11-9-7-2)26-39-34(38)22-23-35(5,30-18-20-32(36)27(3)24-30)31-19-21-33(37)28(4)25-31/h18-21,24-25,29,36-37H,6-17,22-23,26H2,1-5H3. The van der Waals surface area contributed by atoms with E-state index in [9.17, 15) is 15.0 Å². The fourth-order valence-corrected chi connectivity index (χ4v) is 5.47. The number of carbonyl (C=O) groups excluding carboxylic acids is 1. The molecule has 0 saturated heterocycles. The van der Waals surface area contributed by atoms with Gasteiger partial charge in [-0.25, -0.2) is 0 Å². The molecule has 1 unspecified atom stereocenters. The van der Waals surface area contributed by atoms with E-state index in [1.54, 1.807) is 12.1 Å². The Kier molecular flexibility index (Phi) is 14.5. The highest BCUT2D eigenvalue weighted by Crippen LogP contribution is 2.39. The van der Waals surface area contributed by atoms with Gasteiger partial charge in [-0.2, -0.15) is 0 Å². The predicted octanol–water partition coefficient (Wildman–Crippen LogP) is 9.68. The van der Waals surface area contributed by atoms with Gasteiger partial charge in [-0.3, -0.25) is 4.79 Å². The minimum Gasteiger partial charge on any atom is -0.508 e. The minimum absolute atomic E-state index is 0.145. The number of phenolic OH excluding ortho intramolecular Hbond substituents is 2. The number of esters is 1. The first-order valence-corrected chi connectivity index (χ1v) is 15.5. The summed E-state index contributed by atoms with van der Waals surface area (Å²) in [7, 11) is 0. The van der Waals surface area contributed by atoms with Crippen molar-refractivity contribution in [2.75, 3.05) is 6.61 Å². The van der Waals surface area contributed by atoms with E-state index in [0.29, 0.717) is 25.4 Å². The van der Waals surface area contributed by atoms with Gasteiger partial charge in [0.05, 0.1) is 6.61 Å². The molecule has 2 aromatic rings. The zero-order chi connectivity index (χ0) is 28.7. The molecule has 39 heavy (non-hydrogen) atoms. The second-order valence-electron chi connectivity index (χ2n) is 11.8. The van der Waals surface area contributed by atoms with Crippen LogP contribution < -0.4 is 0 Å². The molecule has 2 aromatic carbocycles. The molecule has 0 aliphatic carbocycles. The summed E-state index contributed by atoms with van der Waals surface area (Å²) in [5, 5.41) is 20.2. The Labute approximate surface area is 238 Å². The summed E-state index contributed by atoms with van der Waals surface area (Å²) < 4.78 is 5.89. The number of hydrogen-bond donors (Lipinski definition) is 2. The van der Waals surface area contributed by atoms with E-state index in [2.05, 4.69) is 20.8 Å². The third-order valence-corrected chi connectivity index (χ3v) is 8.41. The predicted molar refractivity (Wildman–Crippen MR) is 163 cm³/mol. The molecule has 2 rings (SSSR count). The molecule has 0 heterocycles. The van der Waals surface area contributed by atoms with E-state index in [0.717, 1.165) is 35.1 Å². The number of carbonyl (C=O) groups is 1. The van der Waals surface area contributed by atoms with Gasteiger partial charge >= 0.3 is 5.97 Å². The maximum atomic E-state index is 13.0. The van der Waals surface area contributed by atoms with Crippen molar-refractivity contribution in [3.63, 3.8) is 0 Å². The molecule has 0 saturated carbocycles. The van der Waals surface area contributed by atoms with Crippen LogP contribution in [-0.2, 0) is 14.9 Å². The van der Waals surface area contributed by atoms with Crippen molar-refractivity contribution in [3.05, 3.63) is 58.7 Å². The molecule has 0 fully saturated rings. The van der Waals surface area contributed by atoms with Crippen LogP contribution in [0.25, 0.3) is 0 Å². The van der Waals surface area contributed by atoms with Crippen LogP contribution in [0.1, 0.15) is 133 Å². The van der Waals surface area contributed by atoms with E-state index in [1.165, 1.54) is 64.2 Å². The number of ether oxygens (including phenoxy) is 1. The minimum atomic E-state index is -0.464. The van der Waals surface area contributed by atoms with Crippen LogP contribution in [0.2, 0.25) is 0 Å². The van der Waals surface area contributed by atoms with Crippen LogP contribution in [0.5, 0.6) is 11.5 Å². The van der Waals surface area contributed by atoms with Crippen LogP contribution in [-0.4, -0.2) is 22.8 Å². The fraction of sp³-hybridized carbons (Fsp3) is 0.629. The molecule has 1 atom stereocenters. The number of unbranched alkanes of at least 4 members (excludes halogenated alkanes) is 8. The van der Waals surface area contributed by atoms with E-state index < -0.39 is 5.41 Å². The molecule has 0 aromatic heterocycles. The third-order valence-electron chi connectivity index (χ3n) is 8.41. The van der Waals surface area contributed by atoms with Gasteiger partial charge in [-0.15, -0.1) is 0 Å². The number of aromatic hydroxyl groups is 2. The molecule has 2 N–H and O–H groups in total. The maximum absolute atomic E-state index is 13.0. The third kappa shape index (κ3) is 10.9. The zero-order valence-electron chi connectivity index (χ0n) is 25.4. The van der Waals surface area contributed by atoms with Crippen molar-refractivity contribution >= 4 is 5.97 Å². The van der Waals surface area contributed by atoms with Crippen molar-refractivity contribution in [2.45, 2.75) is 130 Å². The zero-order valence-corrected chi connectivity index (χ0v) is 25.4. The number of phenols is 2. The van der Waals surface area contributed by atoms with Crippen molar-refractivity contribution in [3.8, 4) is 11.5 Å². The molecule has 0 aliphatic rings. The molecule has 4 heteroatoms. The number of hydrogen-bond acceptors (Lipinski definition) is 4. The maximum Gasteiger partial charge on any atom is 0.305 e. The van der Waals surface area contributed by atoms with Gasteiger partial charge in [0.2, 0.25) is 0 Å². The molecule has 0 radical (unpaired) electrons. The molecule has 218 valence electrons. The number of rotatable bonds is 19. The lowest BCUT2D eigenvalue weighted by Crippen LogP contribution is -2.26. The molecular weight excluding hydrogens is 484 g/mol. The highest BCUT2D eigenvalue weighted by Gasteiger charge is 2.31. The lowest BCUT2D eigenvalue weighted by atomic mass is 9.72. The Morgan fingerprint density at radius 2 is 1.23 bits per heavy atom. The molecule has 0 aliphatic heterocycles. The molecule has 0 amide bonds. The van der Waals surface area contributed by atoms with Gasteiger partial charge in [0, 0.05) is 11.8 Å². The highest BCUT2D eigenvalue weighted by atomic mass is 16.5. The Bertz CT molecular complexity index is 945. The second kappa shape index (κ2) is 17.3. The lowest BCUT2D eigenvalue weighted by Gasteiger charge is -2.32. The van der Waals surface area contributed by atoms with Crippen LogP contribution in [0.4, 0.5) is 0 Å². The summed E-state index contributed by atoms with van der Waals surface area (Å²) in [5.41, 5.74) is 3.21.